The van der Waals surface area contributed by atoms with Gasteiger partial charge < -0.3 is 15.0 Å². The summed E-state index contributed by atoms with van der Waals surface area (Å²) in [6.45, 7) is 4.71. The average Bonchev–Trinajstić information content (AvgIpc) is 3.52. The number of morpholine rings is 1. The van der Waals surface area contributed by atoms with Crippen molar-refractivity contribution in [2.24, 2.45) is 0 Å². The molecular formula is C24H26N4O3. The molecule has 7 heteroatoms. The van der Waals surface area contributed by atoms with Gasteiger partial charge in [-0.1, -0.05) is 12.1 Å². The van der Waals surface area contributed by atoms with Gasteiger partial charge in [0.1, 0.15) is 6.54 Å². The number of ether oxygens (including phenoxy) is 1. The summed E-state index contributed by atoms with van der Waals surface area (Å²) in [6, 6.07) is 12.3. The summed E-state index contributed by atoms with van der Waals surface area (Å²) in [5.41, 5.74) is 4.77. The maximum atomic E-state index is 12.6. The molecule has 1 aliphatic carbocycles. The van der Waals surface area contributed by atoms with Crippen molar-refractivity contribution in [1.82, 2.24) is 20.0 Å². The molecule has 0 spiro atoms. The summed E-state index contributed by atoms with van der Waals surface area (Å²) in [6.07, 6.45) is 3.93. The molecule has 7 nitrogen and oxygen atoms in total. The summed E-state index contributed by atoms with van der Waals surface area (Å²) in [4.78, 5) is 26.9. The molecule has 1 aromatic heterocycles. The molecule has 0 radical (unpaired) electrons. The largest absolute Gasteiger partial charge is 0.378 e. The Morgan fingerprint density at radius 3 is 2.71 bits per heavy atom. The van der Waals surface area contributed by atoms with Crippen LogP contribution in [-0.2, 0) is 16.1 Å². The molecule has 31 heavy (non-hydrogen) atoms. The van der Waals surface area contributed by atoms with Crippen LogP contribution in [0.3, 0.4) is 0 Å². The van der Waals surface area contributed by atoms with Gasteiger partial charge >= 0.3 is 0 Å². The lowest BCUT2D eigenvalue weighted by Crippen LogP contribution is -2.42. The molecule has 0 unspecified atom stereocenters. The fourth-order valence-electron chi connectivity index (χ4n) is 3.99. The Morgan fingerprint density at radius 1 is 1.13 bits per heavy atom. The maximum Gasteiger partial charge on any atom is 0.251 e. The van der Waals surface area contributed by atoms with Gasteiger partial charge in [0.2, 0.25) is 5.91 Å². The second kappa shape index (κ2) is 8.15. The highest BCUT2D eigenvalue weighted by atomic mass is 16.5. The third-order valence-corrected chi connectivity index (χ3v) is 6.01. The monoisotopic (exact) mass is 418 g/mol. The van der Waals surface area contributed by atoms with Crippen molar-refractivity contribution in [3.8, 4) is 11.1 Å². The molecule has 2 aliphatic rings. The van der Waals surface area contributed by atoms with E-state index in [4.69, 9.17) is 4.74 Å². The highest BCUT2D eigenvalue weighted by Crippen LogP contribution is 2.28. The van der Waals surface area contributed by atoms with Crippen LogP contribution in [-0.4, -0.2) is 58.8 Å². The van der Waals surface area contributed by atoms with Crippen LogP contribution in [0.25, 0.3) is 22.0 Å². The molecule has 0 atom stereocenters. The first-order valence-electron chi connectivity index (χ1n) is 10.8. The number of benzene rings is 2. The van der Waals surface area contributed by atoms with E-state index in [2.05, 4.69) is 16.5 Å². The summed E-state index contributed by atoms with van der Waals surface area (Å²) < 4.78 is 7.08. The molecule has 3 aromatic rings. The molecule has 1 aliphatic heterocycles. The van der Waals surface area contributed by atoms with Gasteiger partial charge in [0.15, 0.2) is 0 Å². The zero-order chi connectivity index (χ0) is 21.4. The van der Waals surface area contributed by atoms with E-state index in [1.807, 2.05) is 42.2 Å². The smallest absolute Gasteiger partial charge is 0.251 e. The van der Waals surface area contributed by atoms with Crippen LogP contribution in [0.15, 0.2) is 42.6 Å². The molecular weight excluding hydrogens is 392 g/mol. The number of nitrogens with one attached hydrogen (secondary N) is 1. The summed E-state index contributed by atoms with van der Waals surface area (Å²) in [5.74, 6) is 0.0434. The van der Waals surface area contributed by atoms with Crippen molar-refractivity contribution >= 4 is 22.7 Å². The Morgan fingerprint density at radius 2 is 1.94 bits per heavy atom. The van der Waals surface area contributed by atoms with Gasteiger partial charge in [-0.15, -0.1) is 0 Å². The highest BCUT2D eigenvalue weighted by molar-refractivity contribution is 5.96. The summed E-state index contributed by atoms with van der Waals surface area (Å²) >= 11 is 0. The van der Waals surface area contributed by atoms with Crippen LogP contribution in [0.1, 0.15) is 28.8 Å². The zero-order valence-corrected chi connectivity index (χ0v) is 17.6. The Kier molecular flexibility index (Phi) is 5.19. The van der Waals surface area contributed by atoms with Gasteiger partial charge in [0.05, 0.1) is 24.9 Å². The number of aromatic nitrogens is 2. The minimum atomic E-state index is -0.0146. The topological polar surface area (TPSA) is 76.5 Å². The number of fused-ring (bicyclic) bond motifs is 1. The molecule has 1 saturated carbocycles. The van der Waals surface area contributed by atoms with Gasteiger partial charge in [-0.05, 0) is 60.7 Å². The molecule has 160 valence electrons. The van der Waals surface area contributed by atoms with E-state index in [-0.39, 0.29) is 18.4 Å². The molecule has 2 fully saturated rings. The SMILES string of the molecule is Cc1ccc(C(=O)NC2CC2)cc1-c1ccc2c(cnn2CC(=O)N2CCOCC2)c1. The zero-order valence-electron chi connectivity index (χ0n) is 17.6. The molecule has 1 N–H and O–H groups in total. The van der Waals surface area contributed by atoms with Crippen molar-refractivity contribution < 1.29 is 14.3 Å². The first kappa shape index (κ1) is 19.8. The van der Waals surface area contributed by atoms with E-state index < -0.39 is 0 Å². The predicted octanol–water partition coefficient (Wildman–Crippen LogP) is 2.76. The first-order chi connectivity index (χ1) is 15.1. The van der Waals surface area contributed by atoms with Crippen molar-refractivity contribution in [2.75, 3.05) is 26.3 Å². The Hall–Kier alpha value is -3.19. The minimum absolute atomic E-state index is 0.0146. The lowest BCUT2D eigenvalue weighted by molar-refractivity contribution is -0.136. The quantitative estimate of drug-likeness (QED) is 0.691. The number of nitrogens with zero attached hydrogens (tertiary/aromatic N) is 3. The Balaban J connectivity index is 1.39. The molecule has 1 saturated heterocycles. The van der Waals surface area contributed by atoms with E-state index in [1.54, 1.807) is 10.9 Å². The predicted molar refractivity (Wildman–Crippen MR) is 118 cm³/mol. The third kappa shape index (κ3) is 4.18. The molecule has 2 heterocycles. The minimum Gasteiger partial charge on any atom is -0.378 e. The third-order valence-electron chi connectivity index (χ3n) is 6.01. The van der Waals surface area contributed by atoms with Crippen molar-refractivity contribution in [3.05, 3.63) is 53.7 Å². The number of rotatable bonds is 5. The van der Waals surface area contributed by atoms with Gasteiger partial charge in [0, 0.05) is 30.1 Å². The molecule has 5 rings (SSSR count). The first-order valence-corrected chi connectivity index (χ1v) is 10.8. The van der Waals surface area contributed by atoms with Gasteiger partial charge in [0.25, 0.3) is 5.91 Å². The molecule has 2 amide bonds. The maximum absolute atomic E-state index is 12.6. The number of aryl methyl sites for hydroxylation is 1. The fraction of sp³-hybridized carbons (Fsp3) is 0.375. The summed E-state index contributed by atoms with van der Waals surface area (Å²) in [7, 11) is 0. The van der Waals surface area contributed by atoms with Crippen LogP contribution in [0, 0.1) is 6.92 Å². The lowest BCUT2D eigenvalue weighted by atomic mass is 9.97. The second-order valence-corrected chi connectivity index (χ2v) is 8.35. The van der Waals surface area contributed by atoms with Crippen LogP contribution in [0.4, 0.5) is 0 Å². The highest BCUT2D eigenvalue weighted by Gasteiger charge is 2.24. The second-order valence-electron chi connectivity index (χ2n) is 8.35. The summed E-state index contributed by atoms with van der Waals surface area (Å²) in [5, 5.41) is 8.47. The van der Waals surface area contributed by atoms with Crippen LogP contribution in [0.2, 0.25) is 0 Å². The van der Waals surface area contributed by atoms with Crippen LogP contribution >= 0.6 is 0 Å². The van der Waals surface area contributed by atoms with Gasteiger partial charge in [-0.2, -0.15) is 5.10 Å². The van der Waals surface area contributed by atoms with Crippen LogP contribution < -0.4 is 5.32 Å². The van der Waals surface area contributed by atoms with E-state index in [1.165, 1.54) is 0 Å². The van der Waals surface area contributed by atoms with E-state index in [9.17, 15) is 9.59 Å². The normalized spacial score (nSPS) is 16.5. The van der Waals surface area contributed by atoms with E-state index in [0.29, 0.717) is 37.9 Å². The Labute approximate surface area is 181 Å². The van der Waals surface area contributed by atoms with E-state index >= 15 is 0 Å². The lowest BCUT2D eigenvalue weighted by Gasteiger charge is -2.26. The van der Waals surface area contributed by atoms with Crippen molar-refractivity contribution in [2.45, 2.75) is 32.4 Å². The Bertz CT molecular complexity index is 1140. The van der Waals surface area contributed by atoms with Gasteiger partial charge in [-0.25, -0.2) is 0 Å². The number of hydrogen-bond acceptors (Lipinski definition) is 4. The molecule has 2 aromatic carbocycles. The standard InChI is InChI=1S/C24H26N4O3/c1-16-2-3-18(24(30)26-20-5-6-20)13-21(16)17-4-7-22-19(12-17)14-25-28(22)15-23(29)27-8-10-31-11-9-27/h2-4,7,12-14,20H,5-6,8-11,15H2,1H3,(H,26,30). The van der Waals surface area contributed by atoms with E-state index in [0.717, 1.165) is 40.4 Å². The van der Waals surface area contributed by atoms with Crippen molar-refractivity contribution in [3.63, 3.8) is 0 Å². The number of carbonyl (C=O) groups excluding carboxylic acids is 2. The number of amides is 2. The fourth-order valence-corrected chi connectivity index (χ4v) is 3.99. The van der Waals surface area contributed by atoms with Gasteiger partial charge in [-0.3, -0.25) is 14.3 Å². The average molecular weight is 418 g/mol. The molecule has 0 bridgehead atoms. The van der Waals surface area contributed by atoms with Crippen molar-refractivity contribution in [1.29, 1.82) is 0 Å². The van der Waals surface area contributed by atoms with Crippen LogP contribution in [0.5, 0.6) is 0 Å². The number of carbonyl (C=O) groups is 2. The number of hydrogen-bond donors (Lipinski definition) is 1.